The van der Waals surface area contributed by atoms with Crippen LogP contribution >= 0.6 is 23.4 Å². The number of rotatable bonds is 9. The summed E-state index contributed by atoms with van der Waals surface area (Å²) in [6, 6.07) is 10.8. The first-order chi connectivity index (χ1) is 15.0. The predicted molar refractivity (Wildman–Crippen MR) is 119 cm³/mol. The Kier molecular flexibility index (Phi) is 7.64. The number of aromatic nitrogens is 3. The topological polar surface area (TPSA) is 84.7 Å². The number of nitrogens with zero attached hydrogens (tertiary/aromatic N) is 3. The number of esters is 1. The van der Waals surface area contributed by atoms with Gasteiger partial charge >= 0.3 is 5.97 Å². The van der Waals surface area contributed by atoms with Gasteiger partial charge in [0.1, 0.15) is 0 Å². The van der Waals surface area contributed by atoms with Gasteiger partial charge in [0.25, 0.3) is 0 Å². The highest BCUT2D eigenvalue weighted by atomic mass is 35.5. The Morgan fingerprint density at radius 3 is 2.23 bits per heavy atom. The van der Waals surface area contributed by atoms with Crippen molar-refractivity contribution in [3.8, 4) is 34.3 Å². The van der Waals surface area contributed by atoms with Gasteiger partial charge < -0.3 is 18.9 Å². The molecule has 0 aliphatic rings. The molecule has 1 aromatic heterocycles. The van der Waals surface area contributed by atoms with Crippen molar-refractivity contribution in [1.82, 2.24) is 14.8 Å². The number of carbonyl (C=O) groups is 1. The summed E-state index contributed by atoms with van der Waals surface area (Å²) < 4.78 is 23.2. The van der Waals surface area contributed by atoms with Crippen LogP contribution < -0.4 is 14.2 Å². The lowest BCUT2D eigenvalue weighted by atomic mass is 10.1. The van der Waals surface area contributed by atoms with Crippen LogP contribution in [-0.2, 0) is 9.53 Å². The van der Waals surface area contributed by atoms with Gasteiger partial charge in [-0.15, -0.1) is 10.2 Å². The molecular formula is C21H22ClN3O5S. The summed E-state index contributed by atoms with van der Waals surface area (Å²) in [7, 11) is 4.64. The van der Waals surface area contributed by atoms with Gasteiger partial charge in [0.2, 0.25) is 5.75 Å². The number of benzene rings is 2. The first-order valence-electron chi connectivity index (χ1n) is 9.32. The highest BCUT2D eigenvalue weighted by Gasteiger charge is 2.21. The van der Waals surface area contributed by atoms with Gasteiger partial charge in [0.05, 0.1) is 33.7 Å². The fourth-order valence-electron chi connectivity index (χ4n) is 2.91. The van der Waals surface area contributed by atoms with Gasteiger partial charge in [-0.3, -0.25) is 9.36 Å². The number of hydrogen-bond donors (Lipinski definition) is 0. The summed E-state index contributed by atoms with van der Waals surface area (Å²) in [5, 5.41) is 9.80. The minimum atomic E-state index is -0.326. The maximum atomic E-state index is 11.9. The second kappa shape index (κ2) is 10.4. The van der Waals surface area contributed by atoms with E-state index in [0.717, 1.165) is 5.69 Å². The van der Waals surface area contributed by atoms with Crippen molar-refractivity contribution in [2.75, 3.05) is 33.7 Å². The molecule has 0 fully saturated rings. The second-order valence-corrected chi connectivity index (χ2v) is 7.50. The van der Waals surface area contributed by atoms with E-state index in [-0.39, 0.29) is 11.7 Å². The van der Waals surface area contributed by atoms with E-state index in [1.165, 1.54) is 11.8 Å². The van der Waals surface area contributed by atoms with Gasteiger partial charge in [-0.25, -0.2) is 0 Å². The van der Waals surface area contributed by atoms with Crippen molar-refractivity contribution >= 4 is 29.3 Å². The zero-order valence-corrected chi connectivity index (χ0v) is 19.1. The molecule has 0 N–H and O–H groups in total. The van der Waals surface area contributed by atoms with E-state index < -0.39 is 0 Å². The highest BCUT2D eigenvalue weighted by molar-refractivity contribution is 7.99. The third kappa shape index (κ3) is 5.05. The molecule has 3 rings (SSSR count). The molecule has 0 atom stereocenters. The SMILES string of the molecule is CCOC(=O)CSc1nnc(-c2cc(OC)c(OC)c(OC)c2)n1-c1ccc(Cl)cc1. The average molecular weight is 464 g/mol. The number of hydrogen-bond acceptors (Lipinski definition) is 8. The Hall–Kier alpha value is -2.91. The predicted octanol–water partition coefficient (Wildman–Crippen LogP) is 4.27. The van der Waals surface area contributed by atoms with Crippen LogP contribution in [0.3, 0.4) is 0 Å². The van der Waals surface area contributed by atoms with E-state index in [4.69, 9.17) is 30.5 Å². The monoisotopic (exact) mass is 463 g/mol. The maximum Gasteiger partial charge on any atom is 0.316 e. The minimum Gasteiger partial charge on any atom is -0.493 e. The third-order valence-electron chi connectivity index (χ3n) is 4.27. The minimum absolute atomic E-state index is 0.106. The standard InChI is InChI=1S/C21H22ClN3O5S/c1-5-30-18(26)12-31-21-24-23-20(25(21)15-8-6-14(22)7-9-15)13-10-16(27-2)19(29-4)17(11-13)28-3/h6-11H,5,12H2,1-4H3. The van der Waals surface area contributed by atoms with Crippen LogP contribution in [0.1, 0.15) is 6.92 Å². The van der Waals surface area contributed by atoms with Crippen molar-refractivity contribution in [3.63, 3.8) is 0 Å². The van der Waals surface area contributed by atoms with Crippen molar-refractivity contribution in [2.45, 2.75) is 12.1 Å². The van der Waals surface area contributed by atoms with Gasteiger partial charge in [-0.2, -0.15) is 0 Å². The van der Waals surface area contributed by atoms with Crippen molar-refractivity contribution in [2.24, 2.45) is 0 Å². The van der Waals surface area contributed by atoms with Gasteiger partial charge in [0, 0.05) is 16.3 Å². The Labute approximate surface area is 189 Å². The molecule has 1 heterocycles. The average Bonchev–Trinajstić information content (AvgIpc) is 3.21. The van der Waals surface area contributed by atoms with E-state index in [9.17, 15) is 4.79 Å². The molecular weight excluding hydrogens is 442 g/mol. The van der Waals surface area contributed by atoms with Crippen molar-refractivity contribution in [1.29, 1.82) is 0 Å². The molecule has 0 saturated carbocycles. The Balaban J connectivity index is 2.12. The molecule has 10 heteroatoms. The van der Waals surface area contributed by atoms with Crippen LogP contribution in [0, 0.1) is 0 Å². The molecule has 0 radical (unpaired) electrons. The summed E-state index contributed by atoms with van der Waals surface area (Å²) >= 11 is 7.30. The molecule has 0 aliphatic carbocycles. The number of carbonyl (C=O) groups excluding carboxylic acids is 1. The molecule has 0 aliphatic heterocycles. The summed E-state index contributed by atoms with van der Waals surface area (Å²) in [6.07, 6.45) is 0. The van der Waals surface area contributed by atoms with E-state index in [2.05, 4.69) is 10.2 Å². The molecule has 0 spiro atoms. The molecule has 31 heavy (non-hydrogen) atoms. The largest absolute Gasteiger partial charge is 0.493 e. The van der Waals surface area contributed by atoms with Crippen LogP contribution in [0.25, 0.3) is 17.1 Å². The van der Waals surface area contributed by atoms with Crippen LogP contribution in [0.2, 0.25) is 5.02 Å². The van der Waals surface area contributed by atoms with E-state index >= 15 is 0 Å². The van der Waals surface area contributed by atoms with Gasteiger partial charge in [0.15, 0.2) is 22.5 Å². The van der Waals surface area contributed by atoms with Crippen molar-refractivity contribution < 1.29 is 23.7 Å². The normalized spacial score (nSPS) is 10.6. The molecule has 3 aromatic rings. The van der Waals surface area contributed by atoms with Crippen LogP contribution in [-0.4, -0.2) is 54.4 Å². The number of thioether (sulfide) groups is 1. The summed E-state index contributed by atoms with van der Waals surface area (Å²) in [4.78, 5) is 11.9. The zero-order valence-electron chi connectivity index (χ0n) is 17.5. The third-order valence-corrected chi connectivity index (χ3v) is 5.42. The van der Waals surface area contributed by atoms with Crippen molar-refractivity contribution in [3.05, 3.63) is 41.4 Å². The van der Waals surface area contributed by atoms with Crippen LogP contribution in [0.15, 0.2) is 41.6 Å². The molecule has 2 aromatic carbocycles. The van der Waals surface area contributed by atoms with Crippen LogP contribution in [0.5, 0.6) is 17.2 Å². The lowest BCUT2D eigenvalue weighted by Gasteiger charge is -2.15. The Morgan fingerprint density at radius 2 is 1.68 bits per heavy atom. The summed E-state index contributed by atoms with van der Waals surface area (Å²) in [6.45, 7) is 2.08. The van der Waals surface area contributed by atoms with E-state index in [1.54, 1.807) is 52.5 Å². The number of methoxy groups -OCH3 is 3. The van der Waals surface area contributed by atoms with Crippen LogP contribution in [0.4, 0.5) is 0 Å². The molecule has 8 nitrogen and oxygen atoms in total. The highest BCUT2D eigenvalue weighted by Crippen LogP contribution is 2.41. The van der Waals surface area contributed by atoms with E-state index in [1.807, 2.05) is 16.7 Å². The Morgan fingerprint density at radius 1 is 1.03 bits per heavy atom. The fraction of sp³-hybridized carbons (Fsp3) is 0.286. The first-order valence-corrected chi connectivity index (χ1v) is 10.7. The lowest BCUT2D eigenvalue weighted by molar-refractivity contribution is -0.139. The Bertz CT molecular complexity index is 1030. The maximum absolute atomic E-state index is 11.9. The molecule has 164 valence electrons. The summed E-state index contributed by atoms with van der Waals surface area (Å²) in [5.41, 5.74) is 1.48. The number of halogens is 1. The molecule has 0 unspecified atom stereocenters. The zero-order chi connectivity index (χ0) is 22.4. The summed E-state index contributed by atoms with van der Waals surface area (Å²) in [5.74, 6) is 1.77. The fourth-order valence-corrected chi connectivity index (χ4v) is 3.79. The molecule has 0 saturated heterocycles. The lowest BCUT2D eigenvalue weighted by Crippen LogP contribution is -2.08. The second-order valence-electron chi connectivity index (χ2n) is 6.13. The number of ether oxygens (including phenoxy) is 4. The van der Waals surface area contributed by atoms with Gasteiger partial charge in [-0.1, -0.05) is 23.4 Å². The first kappa shape index (κ1) is 22.8. The molecule has 0 bridgehead atoms. The molecule has 0 amide bonds. The van der Waals surface area contributed by atoms with Gasteiger partial charge in [-0.05, 0) is 43.3 Å². The smallest absolute Gasteiger partial charge is 0.316 e. The van der Waals surface area contributed by atoms with E-state index in [0.29, 0.717) is 45.4 Å². The quantitative estimate of drug-likeness (QED) is 0.343.